The number of anilines is 1. The Morgan fingerprint density at radius 1 is 1.09 bits per heavy atom. The molecule has 2 saturated heterocycles. The summed E-state index contributed by atoms with van der Waals surface area (Å²) < 4.78 is 5.48. The van der Waals surface area contributed by atoms with Gasteiger partial charge < -0.3 is 14.3 Å². The van der Waals surface area contributed by atoms with E-state index in [9.17, 15) is 4.79 Å². The minimum absolute atomic E-state index is 0.0171. The number of rotatable bonds is 5. The van der Waals surface area contributed by atoms with E-state index in [-0.39, 0.29) is 5.56 Å². The average Bonchev–Trinajstić information content (AvgIpc) is 3.37. The summed E-state index contributed by atoms with van der Waals surface area (Å²) in [6.07, 6.45) is 6.93. The highest BCUT2D eigenvalue weighted by Gasteiger charge is 2.40. The molecule has 9 heteroatoms. The van der Waals surface area contributed by atoms with Crippen LogP contribution in [-0.2, 0) is 13.0 Å². The number of hydrogen-bond acceptors (Lipinski definition) is 8. The molecule has 0 amide bonds. The van der Waals surface area contributed by atoms with Crippen LogP contribution in [0.1, 0.15) is 36.8 Å². The molecule has 0 saturated carbocycles. The number of fused-ring (bicyclic) bond motifs is 3. The molecule has 6 rings (SSSR count). The van der Waals surface area contributed by atoms with E-state index in [1.165, 1.54) is 12.8 Å². The molecule has 6 heterocycles. The zero-order valence-electron chi connectivity index (χ0n) is 19.4. The van der Waals surface area contributed by atoms with Crippen LogP contribution in [0.2, 0.25) is 0 Å². The summed E-state index contributed by atoms with van der Waals surface area (Å²) in [5.74, 6) is 0.984. The Bertz CT molecular complexity index is 1380. The number of H-pyrrole nitrogens is 1. The summed E-state index contributed by atoms with van der Waals surface area (Å²) in [6.45, 7) is 6.54. The maximum atomic E-state index is 12.2. The fraction of sp³-hybridized carbons (Fsp3) is 0.400. The minimum atomic E-state index is -0.0171. The summed E-state index contributed by atoms with van der Waals surface area (Å²) in [5.41, 5.74) is 5.37. The van der Waals surface area contributed by atoms with Crippen LogP contribution in [0.4, 0.5) is 5.69 Å². The number of hydrogen-bond donors (Lipinski definition) is 1. The lowest BCUT2D eigenvalue weighted by atomic mass is 10.1. The van der Waals surface area contributed by atoms with Crippen molar-refractivity contribution in [3.05, 3.63) is 64.0 Å². The van der Waals surface area contributed by atoms with Gasteiger partial charge in [0.15, 0.2) is 0 Å². The Kier molecular flexibility index (Phi) is 5.13. The number of nitrogens with one attached hydrogen (secondary N) is 1. The van der Waals surface area contributed by atoms with E-state index in [4.69, 9.17) is 4.42 Å². The fourth-order valence-corrected chi connectivity index (χ4v) is 5.29. The lowest BCUT2D eigenvalue weighted by molar-refractivity contribution is 0.160. The largest absolute Gasteiger partial charge is 0.420 e. The number of nitrogens with zero attached hydrogens (tertiary/aromatic N) is 6. The normalized spacial score (nSPS) is 20.4. The van der Waals surface area contributed by atoms with Crippen LogP contribution in [0.3, 0.4) is 0 Å². The maximum Gasteiger partial charge on any atom is 0.266 e. The third-order valence-electron chi connectivity index (χ3n) is 7.06. The van der Waals surface area contributed by atoms with Gasteiger partial charge in [-0.15, -0.1) is 10.2 Å². The van der Waals surface area contributed by atoms with Gasteiger partial charge in [0.05, 0.1) is 22.9 Å². The van der Waals surface area contributed by atoms with E-state index in [1.807, 2.05) is 31.5 Å². The molecular formula is C25H27N7O2. The van der Waals surface area contributed by atoms with E-state index in [2.05, 4.69) is 47.1 Å². The van der Waals surface area contributed by atoms with Gasteiger partial charge in [0.2, 0.25) is 5.89 Å². The van der Waals surface area contributed by atoms with Crippen LogP contribution in [0.15, 0.2) is 45.9 Å². The molecule has 9 nitrogen and oxygen atoms in total. The first-order chi connectivity index (χ1) is 16.6. The van der Waals surface area contributed by atoms with Crippen molar-refractivity contribution < 1.29 is 4.42 Å². The second-order valence-corrected chi connectivity index (χ2v) is 9.24. The van der Waals surface area contributed by atoms with Gasteiger partial charge >= 0.3 is 0 Å². The first-order valence-electron chi connectivity index (χ1n) is 11.9. The van der Waals surface area contributed by atoms with Gasteiger partial charge in [0, 0.05) is 50.4 Å². The molecule has 0 radical (unpaired) electrons. The third-order valence-corrected chi connectivity index (χ3v) is 7.06. The van der Waals surface area contributed by atoms with Crippen LogP contribution in [0, 0.1) is 6.92 Å². The van der Waals surface area contributed by atoms with E-state index in [1.54, 1.807) is 6.92 Å². The monoisotopic (exact) mass is 457 g/mol. The molecule has 0 aromatic carbocycles. The van der Waals surface area contributed by atoms with Gasteiger partial charge in [0.25, 0.3) is 11.4 Å². The van der Waals surface area contributed by atoms with Crippen molar-refractivity contribution in [3.63, 3.8) is 0 Å². The predicted molar refractivity (Wildman–Crippen MR) is 129 cm³/mol. The molecule has 1 N–H and O–H groups in total. The molecule has 2 fully saturated rings. The average molecular weight is 458 g/mol. The van der Waals surface area contributed by atoms with Gasteiger partial charge in [-0.3, -0.25) is 14.7 Å². The number of piperazine rings is 1. The summed E-state index contributed by atoms with van der Waals surface area (Å²) in [6, 6.07) is 8.98. The standard InChI is InChI=1S/C25H27N7O2/c1-3-17-9-22-23(28-24(17)33)8-16(10-26-22)12-32-19-4-5-20(32)14-31(13-19)18-6-7-21(27-11-18)25-30-29-15(2)34-25/h6-11,19-20H,3-5,12-14H2,1-2H3,(H,28,33). The molecule has 0 aliphatic carbocycles. The maximum absolute atomic E-state index is 12.2. The van der Waals surface area contributed by atoms with Crippen molar-refractivity contribution in [2.75, 3.05) is 18.0 Å². The van der Waals surface area contributed by atoms with Gasteiger partial charge in [-0.05, 0) is 49.1 Å². The second kappa shape index (κ2) is 8.32. The van der Waals surface area contributed by atoms with Crippen LogP contribution in [0.5, 0.6) is 0 Å². The molecule has 4 aromatic heterocycles. The Morgan fingerprint density at radius 2 is 1.91 bits per heavy atom. The summed E-state index contributed by atoms with van der Waals surface area (Å²) in [7, 11) is 0. The van der Waals surface area contributed by atoms with Crippen molar-refractivity contribution in [3.8, 4) is 11.6 Å². The van der Waals surface area contributed by atoms with Crippen molar-refractivity contribution in [1.82, 2.24) is 30.0 Å². The molecule has 4 aromatic rings. The quantitative estimate of drug-likeness (QED) is 0.488. The predicted octanol–water partition coefficient (Wildman–Crippen LogP) is 3.09. The van der Waals surface area contributed by atoms with Gasteiger partial charge in [-0.2, -0.15) is 0 Å². The summed E-state index contributed by atoms with van der Waals surface area (Å²) in [4.78, 5) is 29.5. The molecule has 2 aliphatic rings. The van der Waals surface area contributed by atoms with Crippen molar-refractivity contribution in [2.45, 2.75) is 51.7 Å². The summed E-state index contributed by atoms with van der Waals surface area (Å²) in [5, 5.41) is 7.93. The topological polar surface area (TPSA) is 104 Å². The van der Waals surface area contributed by atoms with Crippen LogP contribution >= 0.6 is 0 Å². The first-order valence-corrected chi connectivity index (χ1v) is 11.9. The van der Waals surface area contributed by atoms with E-state index < -0.39 is 0 Å². The molecular weight excluding hydrogens is 430 g/mol. The molecule has 2 bridgehead atoms. The smallest absolute Gasteiger partial charge is 0.266 e. The minimum Gasteiger partial charge on any atom is -0.420 e. The number of pyridine rings is 3. The van der Waals surface area contributed by atoms with Crippen LogP contribution in [-0.4, -0.2) is 55.2 Å². The lowest BCUT2D eigenvalue weighted by Gasteiger charge is -2.42. The molecule has 174 valence electrons. The highest BCUT2D eigenvalue weighted by atomic mass is 16.4. The molecule has 2 unspecified atom stereocenters. The molecule has 34 heavy (non-hydrogen) atoms. The number of aromatic amines is 1. The summed E-state index contributed by atoms with van der Waals surface area (Å²) >= 11 is 0. The highest BCUT2D eigenvalue weighted by Crippen LogP contribution is 2.34. The van der Waals surface area contributed by atoms with Gasteiger partial charge in [-0.25, -0.2) is 4.98 Å². The molecule has 2 atom stereocenters. The molecule has 2 aliphatic heterocycles. The Balaban J connectivity index is 1.17. The third kappa shape index (κ3) is 3.75. The Labute approximate surface area is 196 Å². The highest BCUT2D eigenvalue weighted by molar-refractivity contribution is 5.74. The van der Waals surface area contributed by atoms with Gasteiger partial charge in [0.1, 0.15) is 5.69 Å². The van der Waals surface area contributed by atoms with Crippen molar-refractivity contribution >= 4 is 16.7 Å². The Morgan fingerprint density at radius 3 is 2.59 bits per heavy atom. The fourth-order valence-electron chi connectivity index (χ4n) is 5.29. The second-order valence-electron chi connectivity index (χ2n) is 9.24. The van der Waals surface area contributed by atoms with E-state index in [0.29, 0.717) is 36.0 Å². The Hall–Kier alpha value is -3.59. The lowest BCUT2D eigenvalue weighted by Crippen LogP contribution is -2.53. The zero-order valence-corrected chi connectivity index (χ0v) is 19.4. The zero-order chi connectivity index (χ0) is 23.2. The first kappa shape index (κ1) is 21.0. The van der Waals surface area contributed by atoms with Crippen LogP contribution < -0.4 is 10.5 Å². The van der Waals surface area contributed by atoms with Crippen molar-refractivity contribution in [2.24, 2.45) is 0 Å². The molecule has 0 spiro atoms. The SMILES string of the molecule is CCc1cc2ncc(CN3C4CCC3CN(c3ccc(-c5nnc(C)o5)nc3)C4)cc2[nH]c1=O. The van der Waals surface area contributed by atoms with Crippen molar-refractivity contribution in [1.29, 1.82) is 0 Å². The van der Waals surface area contributed by atoms with E-state index >= 15 is 0 Å². The van der Waals surface area contributed by atoms with E-state index in [0.717, 1.165) is 47.5 Å². The number of aryl methyl sites for hydroxylation is 2. The van der Waals surface area contributed by atoms with Crippen LogP contribution in [0.25, 0.3) is 22.6 Å². The van der Waals surface area contributed by atoms with Gasteiger partial charge in [-0.1, -0.05) is 6.92 Å². The number of aromatic nitrogens is 5.